The van der Waals surface area contributed by atoms with Gasteiger partial charge in [-0.1, -0.05) is 5.57 Å². The highest BCUT2D eigenvalue weighted by Crippen LogP contribution is 2.60. The fraction of sp³-hybridized carbons (Fsp3) is 0.600. The van der Waals surface area contributed by atoms with Crippen LogP contribution in [0.1, 0.15) is 20.1 Å². The standard InChI is InChI=1S/C20H29N5O15P2/c1-8(2)3-11(26)39-16-14(28)10(38-20(16)30)5-36-42(33,34)40-41(31,32)35-4-9-13(27)15(29)19(37-9)25-7-24-12-17(21)22-6-23-18(12)25/h3,6-7,9-10,13-16,19-20,27-30H,4-5H2,1-2H3,(H,31,32)(H,33,34)(H2,21,22,23)/t9-,10-,13-,14-,15-,16-,19-,20?/m1/s1. The molecule has 3 unspecified atom stereocenters. The third kappa shape index (κ3) is 7.37. The Kier molecular flexibility index (Phi) is 9.80. The molecule has 0 radical (unpaired) electrons. The molecule has 0 spiro atoms. The molecule has 42 heavy (non-hydrogen) atoms. The van der Waals surface area contributed by atoms with Gasteiger partial charge in [0.2, 0.25) is 0 Å². The van der Waals surface area contributed by atoms with E-state index in [-0.39, 0.29) is 17.0 Å². The van der Waals surface area contributed by atoms with E-state index in [0.29, 0.717) is 5.57 Å². The Bertz CT molecular complexity index is 1420. The second-order valence-corrected chi connectivity index (χ2v) is 12.5. The number of anilines is 1. The van der Waals surface area contributed by atoms with Crippen molar-refractivity contribution in [3.8, 4) is 0 Å². The van der Waals surface area contributed by atoms with Gasteiger partial charge in [-0.05, 0) is 13.8 Å². The molecule has 0 amide bonds. The second kappa shape index (κ2) is 12.7. The summed E-state index contributed by atoms with van der Waals surface area (Å²) < 4.78 is 54.8. The van der Waals surface area contributed by atoms with E-state index < -0.39 is 84.0 Å². The number of phosphoric acid groups is 2. The maximum atomic E-state index is 12.3. The number of nitrogen functional groups attached to an aromatic ring is 1. The van der Waals surface area contributed by atoms with E-state index in [1.54, 1.807) is 13.8 Å². The maximum Gasteiger partial charge on any atom is 0.481 e. The molecule has 2 saturated heterocycles. The number of carbonyl (C=O) groups excluding carboxylic acids is 1. The summed E-state index contributed by atoms with van der Waals surface area (Å²) in [7, 11) is -10.7. The van der Waals surface area contributed by atoms with Crippen LogP contribution in [-0.2, 0) is 41.5 Å². The molecule has 0 aliphatic carbocycles. The molecular weight excluding hydrogens is 612 g/mol. The van der Waals surface area contributed by atoms with E-state index in [4.69, 9.17) is 19.9 Å². The molecule has 20 nitrogen and oxygen atoms in total. The maximum absolute atomic E-state index is 12.3. The molecule has 4 heterocycles. The number of esters is 1. The van der Waals surface area contributed by atoms with E-state index in [1.807, 2.05) is 0 Å². The first-order chi connectivity index (χ1) is 19.6. The number of carbonyl (C=O) groups is 1. The predicted molar refractivity (Wildman–Crippen MR) is 134 cm³/mol. The summed E-state index contributed by atoms with van der Waals surface area (Å²) in [6.45, 7) is 1.36. The molecule has 22 heteroatoms. The molecule has 0 aromatic carbocycles. The Labute approximate surface area is 236 Å². The van der Waals surface area contributed by atoms with Crippen LogP contribution >= 0.6 is 15.6 Å². The third-order valence-corrected chi connectivity index (χ3v) is 8.58. The number of imidazole rings is 1. The Morgan fingerprint density at radius 2 is 1.62 bits per heavy atom. The first-order valence-corrected chi connectivity index (χ1v) is 15.1. The second-order valence-electron chi connectivity index (χ2n) is 9.42. The highest BCUT2D eigenvalue weighted by Gasteiger charge is 2.48. The predicted octanol–water partition coefficient (Wildman–Crippen LogP) is -1.77. The number of aromatic nitrogens is 4. The molecule has 10 atom stereocenters. The van der Waals surface area contributed by atoms with Gasteiger partial charge >= 0.3 is 21.6 Å². The van der Waals surface area contributed by atoms with Crippen molar-refractivity contribution in [3.05, 3.63) is 24.3 Å². The van der Waals surface area contributed by atoms with Gasteiger partial charge < -0.3 is 50.2 Å². The summed E-state index contributed by atoms with van der Waals surface area (Å²) in [6, 6.07) is 0. The number of nitrogens with zero attached hydrogens (tertiary/aromatic N) is 4. The average molecular weight is 641 g/mol. The number of phosphoric ester groups is 2. The summed E-state index contributed by atoms with van der Waals surface area (Å²) in [5, 5.41) is 41.0. The monoisotopic (exact) mass is 641 g/mol. The zero-order valence-corrected chi connectivity index (χ0v) is 23.7. The van der Waals surface area contributed by atoms with Gasteiger partial charge in [0.05, 0.1) is 19.5 Å². The van der Waals surface area contributed by atoms with Crippen LogP contribution < -0.4 is 5.73 Å². The van der Waals surface area contributed by atoms with E-state index >= 15 is 0 Å². The van der Waals surface area contributed by atoms with Crippen molar-refractivity contribution < 1.29 is 71.7 Å². The van der Waals surface area contributed by atoms with Crippen LogP contribution in [0.25, 0.3) is 11.2 Å². The minimum atomic E-state index is -5.37. The minimum Gasteiger partial charge on any atom is -0.451 e. The van der Waals surface area contributed by atoms with Crippen molar-refractivity contribution in [1.82, 2.24) is 19.5 Å². The molecule has 2 aliphatic heterocycles. The van der Waals surface area contributed by atoms with Gasteiger partial charge in [-0.2, -0.15) is 4.31 Å². The molecule has 4 rings (SSSR count). The number of rotatable bonds is 11. The van der Waals surface area contributed by atoms with Crippen LogP contribution in [0.2, 0.25) is 0 Å². The van der Waals surface area contributed by atoms with Crippen LogP contribution in [0.3, 0.4) is 0 Å². The summed E-state index contributed by atoms with van der Waals surface area (Å²) in [5.41, 5.74) is 6.67. The van der Waals surface area contributed by atoms with Crippen molar-refractivity contribution in [2.75, 3.05) is 18.9 Å². The number of nitrogens with two attached hydrogens (primary N) is 1. The number of allylic oxidation sites excluding steroid dienone is 1. The Hall–Kier alpha value is -2.42. The number of hydrogen-bond acceptors (Lipinski definition) is 17. The number of aliphatic hydroxyl groups excluding tert-OH is 4. The lowest BCUT2D eigenvalue weighted by molar-refractivity contribution is -0.168. The molecule has 0 saturated carbocycles. The van der Waals surface area contributed by atoms with Gasteiger partial charge in [0.25, 0.3) is 0 Å². The number of hydrogen-bond donors (Lipinski definition) is 7. The van der Waals surface area contributed by atoms with Gasteiger partial charge in [0, 0.05) is 6.08 Å². The molecule has 2 aromatic heterocycles. The van der Waals surface area contributed by atoms with Crippen molar-refractivity contribution in [2.45, 2.75) is 63.0 Å². The number of aliphatic hydroxyl groups is 4. The van der Waals surface area contributed by atoms with E-state index in [0.717, 1.165) is 12.4 Å². The first-order valence-electron chi connectivity index (χ1n) is 12.1. The van der Waals surface area contributed by atoms with E-state index in [1.165, 1.54) is 10.9 Å². The summed E-state index contributed by atoms with van der Waals surface area (Å²) >= 11 is 0. The van der Waals surface area contributed by atoms with Crippen molar-refractivity contribution in [1.29, 1.82) is 0 Å². The van der Waals surface area contributed by atoms with Crippen LogP contribution in [0, 0.1) is 0 Å². The zero-order chi connectivity index (χ0) is 31.0. The van der Waals surface area contributed by atoms with Crippen LogP contribution in [-0.4, -0.2) is 112 Å². The van der Waals surface area contributed by atoms with E-state index in [9.17, 15) is 44.1 Å². The lowest BCUT2D eigenvalue weighted by atomic mass is 10.1. The summed E-state index contributed by atoms with van der Waals surface area (Å²) in [5.74, 6) is -0.835. The number of fused-ring (bicyclic) bond motifs is 1. The normalized spacial score (nSPS) is 32.4. The Balaban J connectivity index is 1.30. The summed E-state index contributed by atoms with van der Waals surface area (Å²) in [4.78, 5) is 43.5. The quantitative estimate of drug-likeness (QED) is 0.0811. The molecule has 234 valence electrons. The molecule has 2 aromatic rings. The molecular formula is C20H29N5O15P2. The average Bonchev–Trinajstić information content (AvgIpc) is 3.51. The van der Waals surface area contributed by atoms with Gasteiger partial charge in [-0.3, -0.25) is 13.6 Å². The largest absolute Gasteiger partial charge is 0.481 e. The molecule has 2 fully saturated rings. The lowest BCUT2D eigenvalue weighted by Crippen LogP contribution is -2.37. The van der Waals surface area contributed by atoms with Crippen LogP contribution in [0.5, 0.6) is 0 Å². The first kappa shape index (κ1) is 32.5. The van der Waals surface area contributed by atoms with Gasteiger partial charge in [0.1, 0.15) is 42.4 Å². The van der Waals surface area contributed by atoms with Gasteiger partial charge in [-0.15, -0.1) is 0 Å². The van der Waals surface area contributed by atoms with Gasteiger partial charge in [0.15, 0.2) is 30.1 Å². The SMILES string of the molecule is CC(C)=CC(=O)O[C@H]1C(O)O[C@H](COP(=O)(O)OP(=O)(O)OC[C@H]2O[C@@H](n3cnc4c(N)ncnc43)[C@H](O)[C@@H]2O)[C@H]1O. The fourth-order valence-corrected chi connectivity index (χ4v) is 6.14. The topological polar surface area (TPSA) is 298 Å². The van der Waals surface area contributed by atoms with Crippen molar-refractivity contribution in [3.63, 3.8) is 0 Å². The van der Waals surface area contributed by atoms with Crippen molar-refractivity contribution in [2.24, 2.45) is 0 Å². The van der Waals surface area contributed by atoms with Crippen LogP contribution in [0.15, 0.2) is 24.3 Å². The Morgan fingerprint density at radius 1 is 1.00 bits per heavy atom. The zero-order valence-electron chi connectivity index (χ0n) is 21.9. The Morgan fingerprint density at radius 3 is 2.24 bits per heavy atom. The minimum absolute atomic E-state index is 0.0496. The van der Waals surface area contributed by atoms with Crippen LogP contribution in [0.4, 0.5) is 5.82 Å². The fourth-order valence-electron chi connectivity index (χ4n) is 4.05. The third-order valence-electron chi connectivity index (χ3n) is 5.98. The van der Waals surface area contributed by atoms with E-state index in [2.05, 4.69) is 28.3 Å². The van der Waals surface area contributed by atoms with Crippen molar-refractivity contribution >= 4 is 38.6 Å². The van der Waals surface area contributed by atoms with Gasteiger partial charge in [-0.25, -0.2) is 28.9 Å². The molecule has 8 N–H and O–H groups in total. The molecule has 0 bridgehead atoms. The summed E-state index contributed by atoms with van der Waals surface area (Å²) in [6.07, 6.45) is -9.08. The molecule has 2 aliphatic rings. The lowest BCUT2D eigenvalue weighted by Gasteiger charge is -2.21. The smallest absolute Gasteiger partial charge is 0.451 e. The highest BCUT2D eigenvalue weighted by atomic mass is 31.3. The highest BCUT2D eigenvalue weighted by molar-refractivity contribution is 7.61. The number of ether oxygens (including phenoxy) is 3.